The van der Waals surface area contributed by atoms with Crippen molar-refractivity contribution in [1.29, 1.82) is 0 Å². The maximum atomic E-state index is 6.30. The van der Waals surface area contributed by atoms with E-state index >= 15 is 0 Å². The summed E-state index contributed by atoms with van der Waals surface area (Å²) in [6.45, 7) is 5.21. The molecule has 0 spiro atoms. The van der Waals surface area contributed by atoms with Crippen LogP contribution in [0.5, 0.6) is 5.75 Å². The van der Waals surface area contributed by atoms with Gasteiger partial charge in [-0.1, -0.05) is 0 Å². The lowest BCUT2D eigenvalue weighted by Gasteiger charge is -2.22. The fraction of sp³-hybridized carbons (Fsp3) is 0.500. The van der Waals surface area contributed by atoms with Crippen molar-refractivity contribution in [2.75, 3.05) is 13.1 Å². The molecule has 3 heterocycles. The second kappa shape index (κ2) is 6.24. The number of aromatic nitrogens is 3. The minimum absolute atomic E-state index is 0.319. The number of nitrogens with zero attached hydrogens (tertiary/aromatic N) is 4. The number of fused-ring (bicyclic) bond motifs is 1. The highest BCUT2D eigenvalue weighted by atomic mass is 16.5. The topological polar surface area (TPSA) is 51.1 Å². The smallest absolute Gasteiger partial charge is 0.140 e. The summed E-state index contributed by atoms with van der Waals surface area (Å²) in [4.78, 5) is 15.1. The van der Waals surface area contributed by atoms with E-state index in [1.807, 2.05) is 37.6 Å². The lowest BCUT2D eigenvalue weighted by Crippen LogP contribution is -2.28. The molecule has 23 heavy (non-hydrogen) atoms. The number of hydrogen-bond donors (Lipinski definition) is 0. The zero-order valence-electron chi connectivity index (χ0n) is 13.4. The zero-order chi connectivity index (χ0) is 15.6. The SMILES string of the molecule is Cc1ncccc1O[C@@H]1CC[C@@H]2CN(Cc3cncnc3)C[C@@H]21. The lowest BCUT2D eigenvalue weighted by atomic mass is 9.99. The first-order valence-corrected chi connectivity index (χ1v) is 8.34. The van der Waals surface area contributed by atoms with Crippen LogP contribution in [0.3, 0.4) is 0 Å². The predicted octanol–water partition coefficient (Wildman–Crippen LogP) is 2.47. The Labute approximate surface area is 136 Å². The van der Waals surface area contributed by atoms with Gasteiger partial charge in [0.1, 0.15) is 18.2 Å². The summed E-state index contributed by atoms with van der Waals surface area (Å²) in [5, 5.41) is 0. The molecular weight excluding hydrogens is 288 g/mol. The van der Waals surface area contributed by atoms with Crippen molar-refractivity contribution in [3.63, 3.8) is 0 Å². The summed E-state index contributed by atoms with van der Waals surface area (Å²) in [5.41, 5.74) is 2.17. The maximum absolute atomic E-state index is 6.30. The van der Waals surface area contributed by atoms with Crippen LogP contribution in [0, 0.1) is 18.8 Å². The van der Waals surface area contributed by atoms with Crippen molar-refractivity contribution in [1.82, 2.24) is 19.9 Å². The van der Waals surface area contributed by atoms with Gasteiger partial charge in [-0.25, -0.2) is 9.97 Å². The number of aryl methyl sites for hydroxylation is 1. The summed E-state index contributed by atoms with van der Waals surface area (Å²) in [5.74, 6) is 2.31. The van der Waals surface area contributed by atoms with Crippen molar-refractivity contribution in [3.05, 3.63) is 48.3 Å². The van der Waals surface area contributed by atoms with Crippen LogP contribution in [0.1, 0.15) is 24.1 Å². The van der Waals surface area contributed by atoms with E-state index in [0.717, 1.165) is 43.4 Å². The predicted molar refractivity (Wildman–Crippen MR) is 86.9 cm³/mol. The van der Waals surface area contributed by atoms with Crippen molar-refractivity contribution >= 4 is 0 Å². The second-order valence-corrected chi connectivity index (χ2v) is 6.69. The van der Waals surface area contributed by atoms with E-state index in [-0.39, 0.29) is 0 Å². The average Bonchev–Trinajstić information content (AvgIpc) is 3.12. The standard InChI is InChI=1S/C18H22N4O/c1-13-17(3-2-6-21-13)23-18-5-4-15-10-22(11-16(15)18)9-14-7-19-12-20-8-14/h2-3,6-8,12,15-16,18H,4-5,9-11H2,1H3/t15-,16+,18-/m1/s1. The van der Waals surface area contributed by atoms with E-state index in [4.69, 9.17) is 4.74 Å². The molecule has 5 heteroatoms. The average molecular weight is 310 g/mol. The van der Waals surface area contributed by atoms with Crippen LogP contribution in [0.2, 0.25) is 0 Å². The Hall–Kier alpha value is -2.01. The molecule has 2 fully saturated rings. The minimum Gasteiger partial charge on any atom is -0.488 e. The van der Waals surface area contributed by atoms with Crippen LogP contribution in [0.25, 0.3) is 0 Å². The highest BCUT2D eigenvalue weighted by Crippen LogP contribution is 2.40. The molecule has 1 saturated carbocycles. The molecule has 0 unspecified atom stereocenters. The third-order valence-corrected chi connectivity index (χ3v) is 5.12. The molecule has 2 aromatic rings. The molecule has 1 aliphatic heterocycles. The normalized spacial score (nSPS) is 27.1. The molecule has 3 atom stereocenters. The molecule has 2 aromatic heterocycles. The third kappa shape index (κ3) is 3.06. The summed E-state index contributed by atoms with van der Waals surface area (Å²) in [6.07, 6.45) is 9.96. The van der Waals surface area contributed by atoms with E-state index < -0.39 is 0 Å². The molecule has 0 N–H and O–H groups in total. The fourth-order valence-electron chi connectivity index (χ4n) is 4.01. The first-order valence-electron chi connectivity index (χ1n) is 8.34. The molecule has 1 aliphatic carbocycles. The van der Waals surface area contributed by atoms with Gasteiger partial charge in [0, 0.05) is 49.7 Å². The van der Waals surface area contributed by atoms with Gasteiger partial charge in [-0.05, 0) is 37.8 Å². The zero-order valence-corrected chi connectivity index (χ0v) is 13.4. The summed E-state index contributed by atoms with van der Waals surface area (Å²) in [7, 11) is 0. The number of hydrogen-bond acceptors (Lipinski definition) is 5. The van der Waals surface area contributed by atoms with Gasteiger partial charge in [0.15, 0.2) is 0 Å². The van der Waals surface area contributed by atoms with Gasteiger partial charge in [-0.2, -0.15) is 0 Å². The van der Waals surface area contributed by atoms with Crippen LogP contribution in [0.4, 0.5) is 0 Å². The van der Waals surface area contributed by atoms with Gasteiger partial charge >= 0.3 is 0 Å². The Morgan fingerprint density at radius 2 is 2.09 bits per heavy atom. The molecular formula is C18H22N4O. The molecule has 120 valence electrons. The number of pyridine rings is 1. The van der Waals surface area contributed by atoms with Crippen LogP contribution in [0.15, 0.2) is 37.1 Å². The number of ether oxygens (including phenoxy) is 1. The van der Waals surface area contributed by atoms with Crippen LogP contribution in [-0.2, 0) is 6.54 Å². The van der Waals surface area contributed by atoms with Crippen molar-refractivity contribution in [3.8, 4) is 5.75 Å². The van der Waals surface area contributed by atoms with E-state index in [0.29, 0.717) is 12.0 Å². The summed E-state index contributed by atoms with van der Waals surface area (Å²) >= 11 is 0. The molecule has 5 nitrogen and oxygen atoms in total. The largest absolute Gasteiger partial charge is 0.488 e. The highest BCUT2D eigenvalue weighted by Gasteiger charge is 2.43. The number of rotatable bonds is 4. The molecule has 4 rings (SSSR count). The first-order chi connectivity index (χ1) is 11.3. The van der Waals surface area contributed by atoms with E-state index in [1.54, 1.807) is 6.33 Å². The van der Waals surface area contributed by atoms with E-state index in [2.05, 4.69) is 19.9 Å². The molecule has 0 radical (unpaired) electrons. The van der Waals surface area contributed by atoms with Gasteiger partial charge in [-0.3, -0.25) is 9.88 Å². The Morgan fingerprint density at radius 3 is 2.91 bits per heavy atom. The molecule has 0 amide bonds. The minimum atomic E-state index is 0.319. The van der Waals surface area contributed by atoms with Crippen molar-refractivity contribution < 1.29 is 4.74 Å². The molecule has 2 aliphatic rings. The lowest BCUT2D eigenvalue weighted by molar-refractivity contribution is 0.146. The maximum Gasteiger partial charge on any atom is 0.140 e. The van der Waals surface area contributed by atoms with Gasteiger partial charge in [0.05, 0.1) is 5.69 Å². The molecule has 0 aromatic carbocycles. The first kappa shape index (κ1) is 14.6. The summed E-state index contributed by atoms with van der Waals surface area (Å²) in [6, 6.07) is 3.98. The fourth-order valence-corrected chi connectivity index (χ4v) is 4.01. The van der Waals surface area contributed by atoms with Gasteiger partial charge in [-0.15, -0.1) is 0 Å². The second-order valence-electron chi connectivity index (χ2n) is 6.69. The van der Waals surface area contributed by atoms with Crippen LogP contribution in [-0.4, -0.2) is 39.0 Å². The van der Waals surface area contributed by atoms with Gasteiger partial charge in [0.25, 0.3) is 0 Å². The quantitative estimate of drug-likeness (QED) is 0.868. The van der Waals surface area contributed by atoms with Gasteiger partial charge in [0.2, 0.25) is 0 Å². The highest BCUT2D eigenvalue weighted by molar-refractivity contribution is 5.26. The Balaban J connectivity index is 1.41. The van der Waals surface area contributed by atoms with E-state index in [1.165, 1.54) is 12.0 Å². The third-order valence-electron chi connectivity index (χ3n) is 5.12. The molecule has 1 saturated heterocycles. The van der Waals surface area contributed by atoms with Crippen molar-refractivity contribution in [2.45, 2.75) is 32.4 Å². The van der Waals surface area contributed by atoms with Gasteiger partial charge < -0.3 is 4.74 Å². The Kier molecular flexibility index (Phi) is 3.95. The Morgan fingerprint density at radius 1 is 1.22 bits per heavy atom. The Bertz CT molecular complexity index is 663. The number of likely N-dealkylation sites (tertiary alicyclic amines) is 1. The monoisotopic (exact) mass is 310 g/mol. The molecule has 0 bridgehead atoms. The van der Waals surface area contributed by atoms with Crippen LogP contribution < -0.4 is 4.74 Å². The van der Waals surface area contributed by atoms with Crippen molar-refractivity contribution in [2.24, 2.45) is 11.8 Å². The summed E-state index contributed by atoms with van der Waals surface area (Å²) < 4.78 is 6.30. The van der Waals surface area contributed by atoms with E-state index in [9.17, 15) is 0 Å². The van der Waals surface area contributed by atoms with Crippen LogP contribution >= 0.6 is 0 Å².